The van der Waals surface area contributed by atoms with Gasteiger partial charge in [-0.3, -0.25) is 0 Å². The topological polar surface area (TPSA) is 38.9 Å². The Morgan fingerprint density at radius 1 is 1.31 bits per heavy atom. The van der Waals surface area contributed by atoms with Crippen molar-refractivity contribution in [1.29, 1.82) is 0 Å². The zero-order valence-electron chi connectivity index (χ0n) is 7.32. The van der Waals surface area contributed by atoms with Gasteiger partial charge in [0, 0.05) is 22.3 Å². The summed E-state index contributed by atoms with van der Waals surface area (Å²) in [6, 6.07) is 7.79. The first-order chi connectivity index (χ1) is 6.27. The number of hydrogen-bond donors (Lipinski definition) is 1. The number of aryl methyl sites for hydroxylation is 1. The van der Waals surface area contributed by atoms with Gasteiger partial charge in [0.2, 0.25) is 0 Å². The van der Waals surface area contributed by atoms with Gasteiger partial charge < -0.3 is 5.73 Å². The van der Waals surface area contributed by atoms with Crippen LogP contribution < -0.4 is 5.73 Å². The van der Waals surface area contributed by atoms with Gasteiger partial charge in [-0.2, -0.15) is 0 Å². The lowest BCUT2D eigenvalue weighted by Gasteiger charge is -1.99. The van der Waals surface area contributed by atoms with Crippen molar-refractivity contribution in [3.05, 3.63) is 35.3 Å². The standard InChI is InChI=1S/C10H10N2S/c1-7-6-12-10(13-7)8-4-2-3-5-9(8)11/h2-6H,11H2,1H3. The highest BCUT2D eigenvalue weighted by Crippen LogP contribution is 2.28. The Hall–Kier alpha value is -1.35. The number of nitrogens with two attached hydrogens (primary N) is 1. The maximum absolute atomic E-state index is 5.83. The molecule has 0 bridgehead atoms. The summed E-state index contributed by atoms with van der Waals surface area (Å²) in [5.74, 6) is 0. The summed E-state index contributed by atoms with van der Waals surface area (Å²) in [7, 11) is 0. The van der Waals surface area contributed by atoms with E-state index in [1.54, 1.807) is 11.3 Å². The largest absolute Gasteiger partial charge is 0.398 e. The van der Waals surface area contributed by atoms with Crippen LogP contribution in [0, 0.1) is 6.92 Å². The third kappa shape index (κ3) is 1.55. The third-order valence-corrected chi connectivity index (χ3v) is 2.76. The van der Waals surface area contributed by atoms with Gasteiger partial charge in [0.1, 0.15) is 5.01 Å². The van der Waals surface area contributed by atoms with Crippen LogP contribution in [0.3, 0.4) is 0 Å². The van der Waals surface area contributed by atoms with E-state index in [0.717, 1.165) is 16.3 Å². The van der Waals surface area contributed by atoms with Gasteiger partial charge in [-0.15, -0.1) is 11.3 Å². The molecule has 0 unspecified atom stereocenters. The summed E-state index contributed by atoms with van der Waals surface area (Å²) in [5.41, 5.74) is 7.65. The second-order valence-corrected chi connectivity index (χ2v) is 4.10. The SMILES string of the molecule is Cc1cnc(-c2ccccc2N)s1. The van der Waals surface area contributed by atoms with Gasteiger partial charge in [0.05, 0.1) is 0 Å². The van der Waals surface area contributed by atoms with Crippen LogP contribution in [0.5, 0.6) is 0 Å². The summed E-state index contributed by atoms with van der Waals surface area (Å²) in [6.07, 6.45) is 1.87. The summed E-state index contributed by atoms with van der Waals surface area (Å²) < 4.78 is 0. The molecule has 1 aromatic heterocycles. The number of aromatic nitrogens is 1. The summed E-state index contributed by atoms with van der Waals surface area (Å²) >= 11 is 1.66. The lowest BCUT2D eigenvalue weighted by atomic mass is 10.2. The van der Waals surface area contributed by atoms with Crippen molar-refractivity contribution < 1.29 is 0 Å². The van der Waals surface area contributed by atoms with Crippen LogP contribution >= 0.6 is 11.3 Å². The molecule has 0 fully saturated rings. The van der Waals surface area contributed by atoms with Crippen LogP contribution in [0.15, 0.2) is 30.5 Å². The van der Waals surface area contributed by atoms with E-state index in [1.807, 2.05) is 37.4 Å². The number of nitrogen functional groups attached to an aromatic ring is 1. The minimum Gasteiger partial charge on any atom is -0.398 e. The number of benzene rings is 1. The zero-order chi connectivity index (χ0) is 9.26. The van der Waals surface area contributed by atoms with Crippen LogP contribution in [0.1, 0.15) is 4.88 Å². The van der Waals surface area contributed by atoms with Gasteiger partial charge in [-0.05, 0) is 19.1 Å². The lowest BCUT2D eigenvalue weighted by molar-refractivity contribution is 1.38. The molecule has 0 aliphatic carbocycles. The normalized spacial score (nSPS) is 10.2. The van der Waals surface area contributed by atoms with Gasteiger partial charge in [0.25, 0.3) is 0 Å². The van der Waals surface area contributed by atoms with Crippen LogP contribution in [-0.4, -0.2) is 4.98 Å². The molecule has 0 saturated carbocycles. The minimum atomic E-state index is 0.789. The molecule has 0 aliphatic heterocycles. The molecule has 2 N–H and O–H groups in total. The number of thiazole rings is 1. The average molecular weight is 190 g/mol. The Labute approximate surface area is 81.1 Å². The van der Waals surface area contributed by atoms with Crippen LogP contribution in [0.2, 0.25) is 0 Å². The Balaban J connectivity index is 2.52. The monoisotopic (exact) mass is 190 g/mol. The van der Waals surface area contributed by atoms with Crippen LogP contribution in [0.4, 0.5) is 5.69 Å². The lowest BCUT2D eigenvalue weighted by Crippen LogP contribution is -1.87. The number of hydrogen-bond acceptors (Lipinski definition) is 3. The second-order valence-electron chi connectivity index (χ2n) is 2.86. The highest BCUT2D eigenvalue weighted by atomic mass is 32.1. The van der Waals surface area contributed by atoms with E-state index >= 15 is 0 Å². The molecule has 3 heteroatoms. The molecule has 1 heterocycles. The molecule has 0 radical (unpaired) electrons. The van der Waals surface area contributed by atoms with E-state index in [1.165, 1.54) is 4.88 Å². The summed E-state index contributed by atoms with van der Waals surface area (Å²) in [6.45, 7) is 2.04. The highest BCUT2D eigenvalue weighted by Gasteiger charge is 2.04. The average Bonchev–Trinajstić information content (AvgIpc) is 2.53. The predicted octanol–water partition coefficient (Wildman–Crippen LogP) is 2.70. The molecule has 0 atom stereocenters. The maximum atomic E-state index is 5.83. The molecule has 2 rings (SSSR count). The molecule has 66 valence electrons. The fraction of sp³-hybridized carbons (Fsp3) is 0.100. The van der Waals surface area contributed by atoms with Crippen molar-refractivity contribution in [2.45, 2.75) is 6.92 Å². The molecule has 2 aromatic rings. The first kappa shape index (κ1) is 8.26. The quantitative estimate of drug-likeness (QED) is 0.702. The van der Waals surface area contributed by atoms with Crippen molar-refractivity contribution in [3.8, 4) is 10.6 Å². The van der Waals surface area contributed by atoms with E-state index in [2.05, 4.69) is 4.98 Å². The molecule has 0 spiro atoms. The van der Waals surface area contributed by atoms with Crippen molar-refractivity contribution in [1.82, 2.24) is 4.98 Å². The van der Waals surface area contributed by atoms with E-state index in [0.29, 0.717) is 0 Å². The van der Waals surface area contributed by atoms with Crippen molar-refractivity contribution in [2.24, 2.45) is 0 Å². The molecular weight excluding hydrogens is 180 g/mol. The molecule has 0 saturated heterocycles. The molecule has 0 amide bonds. The number of rotatable bonds is 1. The fourth-order valence-electron chi connectivity index (χ4n) is 1.17. The Morgan fingerprint density at radius 2 is 2.08 bits per heavy atom. The molecule has 1 aromatic carbocycles. The van der Waals surface area contributed by atoms with Gasteiger partial charge >= 0.3 is 0 Å². The maximum Gasteiger partial charge on any atom is 0.125 e. The van der Waals surface area contributed by atoms with Gasteiger partial charge in [0.15, 0.2) is 0 Å². The Kier molecular flexibility index (Phi) is 2.02. The second kappa shape index (κ2) is 3.18. The van der Waals surface area contributed by atoms with Crippen LogP contribution in [0.25, 0.3) is 10.6 Å². The summed E-state index contributed by atoms with van der Waals surface area (Å²) in [4.78, 5) is 5.49. The number of nitrogens with zero attached hydrogens (tertiary/aromatic N) is 1. The van der Waals surface area contributed by atoms with Gasteiger partial charge in [-0.25, -0.2) is 4.98 Å². The highest BCUT2D eigenvalue weighted by molar-refractivity contribution is 7.15. The minimum absolute atomic E-state index is 0.789. The van der Waals surface area contributed by atoms with Crippen molar-refractivity contribution >= 4 is 17.0 Å². The number of para-hydroxylation sites is 1. The molecular formula is C10H10N2S. The van der Waals surface area contributed by atoms with Gasteiger partial charge in [-0.1, -0.05) is 12.1 Å². The first-order valence-electron chi connectivity index (χ1n) is 4.04. The van der Waals surface area contributed by atoms with Crippen LogP contribution in [-0.2, 0) is 0 Å². The third-order valence-electron chi connectivity index (χ3n) is 1.81. The Bertz CT molecular complexity index is 420. The van der Waals surface area contributed by atoms with E-state index in [9.17, 15) is 0 Å². The Morgan fingerprint density at radius 3 is 2.69 bits per heavy atom. The van der Waals surface area contributed by atoms with E-state index in [-0.39, 0.29) is 0 Å². The fourth-order valence-corrected chi connectivity index (χ4v) is 1.98. The molecule has 0 aliphatic rings. The zero-order valence-corrected chi connectivity index (χ0v) is 8.14. The van der Waals surface area contributed by atoms with Crippen molar-refractivity contribution in [3.63, 3.8) is 0 Å². The van der Waals surface area contributed by atoms with E-state index < -0.39 is 0 Å². The van der Waals surface area contributed by atoms with Crippen molar-refractivity contribution in [2.75, 3.05) is 5.73 Å². The number of anilines is 1. The predicted molar refractivity (Wildman–Crippen MR) is 56.7 cm³/mol. The smallest absolute Gasteiger partial charge is 0.125 e. The summed E-state index contributed by atoms with van der Waals surface area (Å²) in [5, 5.41) is 0.996. The molecule has 2 nitrogen and oxygen atoms in total. The first-order valence-corrected chi connectivity index (χ1v) is 4.86. The van der Waals surface area contributed by atoms with E-state index in [4.69, 9.17) is 5.73 Å². The molecule has 13 heavy (non-hydrogen) atoms.